The lowest BCUT2D eigenvalue weighted by atomic mass is 9.48. The zero-order valence-corrected chi connectivity index (χ0v) is 14.9. The molecule has 0 N–H and O–H groups in total. The monoisotopic (exact) mass is 337 g/mol. The van der Waals surface area contributed by atoms with Gasteiger partial charge in [0, 0.05) is 30.6 Å². The Morgan fingerprint density at radius 1 is 1.39 bits per heavy atom. The number of carbonyl (C=O) groups excluding carboxylic acids is 1. The van der Waals surface area contributed by atoms with E-state index in [0.29, 0.717) is 28.9 Å². The fourth-order valence-corrected chi connectivity index (χ4v) is 4.94. The quantitative estimate of drug-likeness (QED) is 0.844. The van der Waals surface area contributed by atoms with E-state index < -0.39 is 0 Å². The van der Waals surface area contributed by atoms with Crippen molar-refractivity contribution >= 4 is 17.5 Å². The van der Waals surface area contributed by atoms with Crippen LogP contribution in [0.3, 0.4) is 0 Å². The number of carbonyl (C=O) groups is 1. The van der Waals surface area contributed by atoms with Crippen molar-refractivity contribution in [3.63, 3.8) is 0 Å². The van der Waals surface area contributed by atoms with Crippen molar-refractivity contribution in [3.05, 3.63) is 28.8 Å². The van der Waals surface area contributed by atoms with E-state index in [9.17, 15) is 4.79 Å². The highest BCUT2D eigenvalue weighted by molar-refractivity contribution is 6.30. The molecule has 3 rings (SSSR count). The van der Waals surface area contributed by atoms with Gasteiger partial charge < -0.3 is 14.4 Å². The van der Waals surface area contributed by atoms with E-state index in [1.54, 1.807) is 32.4 Å². The summed E-state index contributed by atoms with van der Waals surface area (Å²) in [7, 11) is 3.30. The van der Waals surface area contributed by atoms with Crippen molar-refractivity contribution in [1.29, 1.82) is 0 Å². The molecule has 2 aliphatic rings. The lowest BCUT2D eigenvalue weighted by Crippen LogP contribution is -2.55. The summed E-state index contributed by atoms with van der Waals surface area (Å²) in [5.41, 5.74) is 0.939. The van der Waals surface area contributed by atoms with Crippen LogP contribution < -0.4 is 4.74 Å². The van der Waals surface area contributed by atoms with E-state index in [4.69, 9.17) is 21.1 Å². The highest BCUT2D eigenvalue weighted by Gasteiger charge is 2.63. The summed E-state index contributed by atoms with van der Waals surface area (Å²) in [5, 5.41) is 0.567. The predicted molar refractivity (Wildman–Crippen MR) is 90.1 cm³/mol. The van der Waals surface area contributed by atoms with Crippen LogP contribution in [-0.2, 0) is 4.74 Å². The zero-order chi connectivity index (χ0) is 16.8. The molecule has 5 heteroatoms. The van der Waals surface area contributed by atoms with Crippen LogP contribution in [0.15, 0.2) is 18.2 Å². The third-order valence-electron chi connectivity index (χ3n) is 5.51. The van der Waals surface area contributed by atoms with E-state index in [1.165, 1.54) is 0 Å². The average molecular weight is 338 g/mol. The molecular weight excluding hydrogens is 314 g/mol. The van der Waals surface area contributed by atoms with E-state index >= 15 is 0 Å². The Labute approximate surface area is 142 Å². The van der Waals surface area contributed by atoms with Gasteiger partial charge in [-0.1, -0.05) is 25.4 Å². The fourth-order valence-electron chi connectivity index (χ4n) is 4.78. The number of ether oxygens (including phenoxy) is 2. The van der Waals surface area contributed by atoms with Crippen molar-refractivity contribution < 1.29 is 14.3 Å². The van der Waals surface area contributed by atoms with Gasteiger partial charge in [-0.3, -0.25) is 4.79 Å². The SMILES string of the molecule is COC[C@@]12CN(C(=O)c3ccc(Cl)cc3OC)C[C@@H]1C(C)(C)C2. The Hall–Kier alpha value is -1.26. The van der Waals surface area contributed by atoms with Gasteiger partial charge in [-0.25, -0.2) is 0 Å². The van der Waals surface area contributed by atoms with E-state index in [1.807, 2.05) is 4.90 Å². The van der Waals surface area contributed by atoms with Gasteiger partial charge in [0.25, 0.3) is 5.91 Å². The fraction of sp³-hybridized carbons (Fsp3) is 0.611. The Morgan fingerprint density at radius 2 is 2.13 bits per heavy atom. The number of rotatable bonds is 4. The largest absolute Gasteiger partial charge is 0.496 e. The topological polar surface area (TPSA) is 38.8 Å². The minimum atomic E-state index is 0.0131. The van der Waals surface area contributed by atoms with Crippen LogP contribution in [0.5, 0.6) is 5.75 Å². The number of halogens is 1. The Morgan fingerprint density at radius 3 is 2.74 bits per heavy atom. The number of methoxy groups -OCH3 is 2. The van der Waals surface area contributed by atoms with Crippen LogP contribution in [-0.4, -0.2) is 44.7 Å². The first kappa shape index (κ1) is 16.6. The van der Waals surface area contributed by atoms with Crippen LogP contribution in [0.4, 0.5) is 0 Å². The zero-order valence-electron chi connectivity index (χ0n) is 14.2. The molecule has 1 saturated carbocycles. The average Bonchev–Trinajstić information content (AvgIpc) is 2.81. The third kappa shape index (κ3) is 2.62. The molecule has 1 aliphatic carbocycles. The second-order valence-electron chi connectivity index (χ2n) is 7.54. The molecule has 1 heterocycles. The molecule has 0 aromatic heterocycles. The number of amides is 1. The van der Waals surface area contributed by atoms with Crippen LogP contribution in [0.2, 0.25) is 5.02 Å². The number of fused-ring (bicyclic) bond motifs is 1. The number of nitrogens with zero attached hydrogens (tertiary/aromatic N) is 1. The van der Waals surface area contributed by atoms with Crippen LogP contribution >= 0.6 is 11.6 Å². The number of hydrogen-bond donors (Lipinski definition) is 0. The highest BCUT2D eigenvalue weighted by Crippen LogP contribution is 2.62. The van der Waals surface area contributed by atoms with Crippen LogP contribution in [0.25, 0.3) is 0 Å². The lowest BCUT2D eigenvalue weighted by molar-refractivity contribution is -0.107. The summed E-state index contributed by atoms with van der Waals surface area (Å²) in [6.07, 6.45) is 1.10. The molecule has 1 aliphatic heterocycles. The Balaban J connectivity index is 1.85. The molecule has 0 radical (unpaired) electrons. The number of benzene rings is 1. The maximum absolute atomic E-state index is 13.0. The first-order valence-corrected chi connectivity index (χ1v) is 8.32. The summed E-state index contributed by atoms with van der Waals surface area (Å²) in [6.45, 7) is 6.80. The molecule has 2 atom stereocenters. The molecule has 0 unspecified atom stereocenters. The van der Waals surface area contributed by atoms with Gasteiger partial charge in [-0.05, 0) is 36.0 Å². The van der Waals surface area contributed by atoms with Crippen molar-refractivity contribution in [2.45, 2.75) is 20.3 Å². The van der Waals surface area contributed by atoms with Gasteiger partial charge in [0.05, 0.1) is 19.3 Å². The van der Waals surface area contributed by atoms with E-state index in [-0.39, 0.29) is 16.7 Å². The molecule has 2 fully saturated rings. The Kier molecular flexibility index (Phi) is 4.09. The van der Waals surface area contributed by atoms with Gasteiger partial charge >= 0.3 is 0 Å². The van der Waals surface area contributed by atoms with Crippen LogP contribution in [0.1, 0.15) is 30.6 Å². The van der Waals surface area contributed by atoms with Crippen molar-refractivity contribution in [2.24, 2.45) is 16.7 Å². The summed E-state index contributed by atoms with van der Waals surface area (Å²) in [6, 6.07) is 5.17. The Bertz CT molecular complexity index is 631. The number of hydrogen-bond acceptors (Lipinski definition) is 3. The molecule has 126 valence electrons. The summed E-state index contributed by atoms with van der Waals surface area (Å²) in [5.74, 6) is 1.03. The smallest absolute Gasteiger partial charge is 0.257 e. The molecule has 0 spiro atoms. The van der Waals surface area contributed by atoms with Gasteiger partial charge in [-0.15, -0.1) is 0 Å². The van der Waals surface area contributed by atoms with Gasteiger partial charge in [-0.2, -0.15) is 0 Å². The second-order valence-corrected chi connectivity index (χ2v) is 7.98. The minimum Gasteiger partial charge on any atom is -0.496 e. The van der Waals surface area contributed by atoms with Gasteiger partial charge in [0.15, 0.2) is 0 Å². The molecule has 1 saturated heterocycles. The lowest BCUT2D eigenvalue weighted by Gasteiger charge is -2.56. The molecule has 1 aromatic rings. The van der Waals surface area contributed by atoms with Crippen molar-refractivity contribution in [3.8, 4) is 5.75 Å². The van der Waals surface area contributed by atoms with E-state index in [2.05, 4.69) is 13.8 Å². The summed E-state index contributed by atoms with van der Waals surface area (Å²) in [4.78, 5) is 14.9. The molecule has 1 amide bonds. The van der Waals surface area contributed by atoms with Crippen molar-refractivity contribution in [1.82, 2.24) is 4.90 Å². The third-order valence-corrected chi connectivity index (χ3v) is 5.75. The number of likely N-dealkylation sites (tertiary alicyclic amines) is 1. The maximum Gasteiger partial charge on any atom is 0.257 e. The first-order chi connectivity index (χ1) is 10.8. The molecule has 1 aromatic carbocycles. The predicted octanol–water partition coefficient (Wildman–Crippen LogP) is 3.48. The molecule has 0 bridgehead atoms. The van der Waals surface area contributed by atoms with E-state index in [0.717, 1.165) is 19.5 Å². The standard InChI is InChI=1S/C18H24ClNO3/c1-17(2)9-18(11-22-3)10-20(8-15(17)18)16(21)13-6-5-12(19)7-14(13)23-4/h5-7,15H,8-11H2,1-4H3/t15-,18-/m1/s1. The highest BCUT2D eigenvalue weighted by atomic mass is 35.5. The second kappa shape index (κ2) is 5.67. The van der Waals surface area contributed by atoms with Crippen LogP contribution in [0, 0.1) is 16.7 Å². The van der Waals surface area contributed by atoms with Gasteiger partial charge in [0.1, 0.15) is 5.75 Å². The molecule has 4 nitrogen and oxygen atoms in total. The maximum atomic E-state index is 13.0. The van der Waals surface area contributed by atoms with Gasteiger partial charge in [0.2, 0.25) is 0 Å². The first-order valence-electron chi connectivity index (χ1n) is 7.95. The summed E-state index contributed by atoms with van der Waals surface area (Å²) < 4.78 is 10.8. The van der Waals surface area contributed by atoms with Crippen molar-refractivity contribution in [2.75, 3.05) is 33.9 Å². The minimum absolute atomic E-state index is 0.0131. The molecule has 23 heavy (non-hydrogen) atoms. The normalized spacial score (nSPS) is 28.2. The molecular formula is C18H24ClNO3. The summed E-state index contributed by atoms with van der Waals surface area (Å²) >= 11 is 6.00.